The van der Waals surface area contributed by atoms with Gasteiger partial charge in [-0.05, 0) is 42.0 Å². The average Bonchev–Trinajstić information content (AvgIpc) is 3.03. The zero-order valence-electron chi connectivity index (χ0n) is 16.8. The van der Waals surface area contributed by atoms with Crippen molar-refractivity contribution in [3.05, 3.63) is 73.5 Å². The van der Waals surface area contributed by atoms with Crippen molar-refractivity contribution >= 4 is 36.2 Å². The Hall–Kier alpha value is -3.78. The van der Waals surface area contributed by atoms with Gasteiger partial charge in [0.15, 0.2) is 11.5 Å². The minimum Gasteiger partial charge on any atom is -0.493 e. The lowest BCUT2D eigenvalue weighted by Crippen LogP contribution is -2.34. The van der Waals surface area contributed by atoms with E-state index in [-0.39, 0.29) is 28.0 Å². The highest BCUT2D eigenvalue weighted by Gasteiger charge is 2.13. The van der Waals surface area contributed by atoms with Gasteiger partial charge in [0.1, 0.15) is 0 Å². The molecule has 0 unspecified atom stereocenters. The van der Waals surface area contributed by atoms with Crippen molar-refractivity contribution in [2.75, 3.05) is 7.11 Å². The summed E-state index contributed by atoms with van der Waals surface area (Å²) in [4.78, 5) is 35.8. The summed E-state index contributed by atoms with van der Waals surface area (Å²) in [5.41, 5.74) is 0.363. The molecule has 3 aromatic rings. The molecule has 0 atom stereocenters. The van der Waals surface area contributed by atoms with Crippen LogP contribution in [0.15, 0.2) is 41.2 Å². The number of esters is 1. The van der Waals surface area contributed by atoms with Crippen molar-refractivity contribution in [3.8, 4) is 17.2 Å². The lowest BCUT2D eigenvalue weighted by atomic mass is 10.1. The van der Waals surface area contributed by atoms with Crippen molar-refractivity contribution in [2.24, 2.45) is 0 Å². The lowest BCUT2D eigenvalue weighted by molar-refractivity contribution is -0.134. The molecule has 0 amide bonds. The first-order valence-electron chi connectivity index (χ1n) is 9.18. The minimum absolute atomic E-state index is 0.0634. The minimum atomic E-state index is -1.20. The molecule has 0 radical (unpaired) electrons. The van der Waals surface area contributed by atoms with Gasteiger partial charge in [-0.15, -0.1) is 0 Å². The highest BCUT2D eigenvalue weighted by molar-refractivity contribution is 6.33. The maximum Gasteiger partial charge on any atom is 0.337 e. The van der Waals surface area contributed by atoms with Gasteiger partial charge >= 0.3 is 11.9 Å². The first-order valence-corrected chi connectivity index (χ1v) is 9.56. The highest BCUT2D eigenvalue weighted by atomic mass is 35.5. The van der Waals surface area contributed by atoms with E-state index in [9.17, 15) is 19.5 Å². The Labute approximate surface area is 181 Å². The molecular formula is C22H19ClN2O6. The Balaban J connectivity index is 2.08. The standard InChI is InChI=1S/C22H19ClN2O6/c1-4-20(26)31-18-8-5-13(10-19(18)30-3)9-15-12(2)24-25(21(15)27)14-6-7-17(23)16(11-14)22(28)29/h5-11,24H,2,4H2,1,3H3,(H,28,29)/b15-9+. The molecule has 8 nitrogen and oxygen atoms in total. The van der Waals surface area contributed by atoms with Gasteiger partial charge in [0.2, 0.25) is 0 Å². The first-order chi connectivity index (χ1) is 14.7. The highest BCUT2D eigenvalue weighted by Crippen LogP contribution is 2.28. The summed E-state index contributed by atoms with van der Waals surface area (Å²) < 4.78 is 11.7. The van der Waals surface area contributed by atoms with Crippen LogP contribution in [-0.4, -0.2) is 33.9 Å². The normalized spacial score (nSPS) is 11.4. The third-order valence-electron chi connectivity index (χ3n) is 4.46. The van der Waals surface area contributed by atoms with Gasteiger partial charge in [-0.25, -0.2) is 9.48 Å². The van der Waals surface area contributed by atoms with E-state index in [1.54, 1.807) is 31.2 Å². The zero-order chi connectivity index (χ0) is 22.7. The van der Waals surface area contributed by atoms with E-state index in [0.29, 0.717) is 22.3 Å². The molecule has 3 rings (SSSR count). The number of nitrogens with one attached hydrogen (secondary N) is 1. The van der Waals surface area contributed by atoms with Crippen molar-refractivity contribution < 1.29 is 24.2 Å². The van der Waals surface area contributed by atoms with E-state index in [0.717, 1.165) is 0 Å². The molecule has 1 aromatic heterocycles. The molecule has 0 saturated heterocycles. The third-order valence-corrected chi connectivity index (χ3v) is 4.78. The number of aromatic carboxylic acids is 1. The quantitative estimate of drug-likeness (QED) is 0.446. The van der Waals surface area contributed by atoms with Gasteiger partial charge in [-0.1, -0.05) is 31.2 Å². The number of carboxylic acid groups (broad SMARTS) is 1. The number of hydrogen-bond acceptors (Lipinski definition) is 5. The summed E-state index contributed by atoms with van der Waals surface area (Å²) in [6.07, 6.45) is 1.82. The van der Waals surface area contributed by atoms with Gasteiger partial charge in [-0.2, -0.15) is 0 Å². The number of carboxylic acids is 1. The molecule has 0 aliphatic heterocycles. The molecule has 0 fully saturated rings. The van der Waals surface area contributed by atoms with Crippen molar-refractivity contribution in [1.82, 2.24) is 9.78 Å². The molecule has 0 bridgehead atoms. The maximum absolute atomic E-state index is 12.9. The number of rotatable bonds is 6. The molecule has 9 heteroatoms. The second-order valence-corrected chi connectivity index (χ2v) is 6.90. The second kappa shape index (κ2) is 8.93. The Morgan fingerprint density at radius 2 is 1.97 bits per heavy atom. The van der Waals surface area contributed by atoms with Crippen molar-refractivity contribution in [3.63, 3.8) is 0 Å². The van der Waals surface area contributed by atoms with Crippen LogP contribution in [0.2, 0.25) is 5.02 Å². The fraction of sp³-hybridized carbons (Fsp3) is 0.136. The van der Waals surface area contributed by atoms with E-state index in [1.807, 2.05) is 0 Å². The summed E-state index contributed by atoms with van der Waals surface area (Å²) in [7, 11) is 1.44. The predicted molar refractivity (Wildman–Crippen MR) is 116 cm³/mol. The summed E-state index contributed by atoms with van der Waals surface area (Å²) in [6, 6.07) is 9.09. The van der Waals surface area contributed by atoms with Crippen molar-refractivity contribution in [1.29, 1.82) is 0 Å². The van der Waals surface area contributed by atoms with Crippen LogP contribution in [0.1, 0.15) is 29.3 Å². The van der Waals surface area contributed by atoms with E-state index < -0.39 is 17.5 Å². The molecule has 2 N–H and O–H groups in total. The fourth-order valence-corrected chi connectivity index (χ4v) is 3.06. The fourth-order valence-electron chi connectivity index (χ4n) is 2.86. The molecule has 0 saturated carbocycles. The van der Waals surface area contributed by atoms with Gasteiger partial charge in [0.25, 0.3) is 5.56 Å². The van der Waals surface area contributed by atoms with Gasteiger partial charge < -0.3 is 14.6 Å². The molecule has 1 heterocycles. The van der Waals surface area contributed by atoms with Gasteiger partial charge in [0, 0.05) is 6.42 Å². The monoisotopic (exact) mass is 442 g/mol. The average molecular weight is 443 g/mol. The van der Waals surface area contributed by atoms with Crippen molar-refractivity contribution in [2.45, 2.75) is 13.3 Å². The molecular weight excluding hydrogens is 424 g/mol. The Bertz CT molecular complexity index is 1340. The van der Waals surface area contributed by atoms with Crippen LogP contribution in [0.5, 0.6) is 11.5 Å². The number of carbonyl (C=O) groups is 2. The topological polar surface area (TPSA) is 111 Å². The maximum atomic E-state index is 12.9. The predicted octanol–water partition coefficient (Wildman–Crippen LogP) is 2.08. The van der Waals surface area contributed by atoms with Crippen LogP contribution in [0.25, 0.3) is 18.3 Å². The Kier molecular flexibility index (Phi) is 6.31. The number of aromatic amines is 1. The van der Waals surface area contributed by atoms with E-state index in [2.05, 4.69) is 11.7 Å². The summed E-state index contributed by atoms with van der Waals surface area (Å²) in [5.74, 6) is -0.993. The van der Waals surface area contributed by atoms with E-state index in [4.69, 9.17) is 21.1 Å². The largest absolute Gasteiger partial charge is 0.493 e. The number of H-pyrrole nitrogens is 1. The smallest absolute Gasteiger partial charge is 0.337 e. The molecule has 2 aromatic carbocycles. The number of aromatic nitrogens is 2. The summed E-state index contributed by atoms with van der Waals surface area (Å²) >= 11 is 5.90. The Morgan fingerprint density at radius 3 is 2.61 bits per heavy atom. The van der Waals surface area contributed by atoms with Crippen LogP contribution in [-0.2, 0) is 4.79 Å². The summed E-state index contributed by atoms with van der Waals surface area (Å²) in [6.45, 7) is 5.54. The summed E-state index contributed by atoms with van der Waals surface area (Å²) in [5, 5.41) is 12.8. The second-order valence-electron chi connectivity index (χ2n) is 6.50. The van der Waals surface area contributed by atoms with E-state index >= 15 is 0 Å². The zero-order valence-corrected chi connectivity index (χ0v) is 17.5. The lowest BCUT2D eigenvalue weighted by Gasteiger charge is -2.09. The molecule has 0 aliphatic carbocycles. The molecule has 31 heavy (non-hydrogen) atoms. The van der Waals surface area contributed by atoms with Crippen LogP contribution in [0.3, 0.4) is 0 Å². The molecule has 0 aliphatic rings. The van der Waals surface area contributed by atoms with Crippen LogP contribution in [0, 0.1) is 0 Å². The Morgan fingerprint density at radius 1 is 1.23 bits per heavy atom. The van der Waals surface area contributed by atoms with Crippen LogP contribution >= 0.6 is 11.6 Å². The van der Waals surface area contributed by atoms with Crippen LogP contribution in [0.4, 0.5) is 0 Å². The molecule has 0 spiro atoms. The number of nitrogens with zero attached hydrogens (tertiary/aromatic N) is 1. The molecule has 160 valence electrons. The number of hydrogen-bond donors (Lipinski definition) is 2. The van der Waals surface area contributed by atoms with E-state index in [1.165, 1.54) is 30.0 Å². The number of methoxy groups -OCH3 is 1. The first kappa shape index (κ1) is 21.9. The van der Waals surface area contributed by atoms with Gasteiger partial charge in [-0.3, -0.25) is 14.7 Å². The third kappa shape index (κ3) is 4.54. The number of benzene rings is 2. The van der Waals surface area contributed by atoms with Crippen LogP contribution < -0.4 is 25.6 Å². The van der Waals surface area contributed by atoms with Gasteiger partial charge in [0.05, 0.1) is 34.0 Å². The number of ether oxygens (including phenoxy) is 2. The SMILES string of the molecule is C=c1[nH]n(-c2ccc(Cl)c(C(=O)O)c2)c(=O)/c1=C/c1ccc(OC(=O)CC)c(OC)c1. The number of carbonyl (C=O) groups excluding carboxylic acids is 1. The number of halogens is 1.